The summed E-state index contributed by atoms with van der Waals surface area (Å²) in [6.07, 6.45) is 4.36. The Morgan fingerprint density at radius 3 is 2.91 bits per heavy atom. The molecule has 3 rings (SSSR count). The molecule has 0 unspecified atom stereocenters. The Bertz CT molecular complexity index is 949. The molecule has 0 spiro atoms. The molecule has 174 valence electrons. The van der Waals surface area contributed by atoms with Gasteiger partial charge in [0.15, 0.2) is 0 Å². The third-order valence-corrected chi connectivity index (χ3v) is 5.54. The van der Waals surface area contributed by atoms with Gasteiger partial charge in [-0.05, 0) is 38.8 Å². The van der Waals surface area contributed by atoms with Crippen LogP contribution in [0, 0.1) is 6.92 Å². The second kappa shape index (κ2) is 11.7. The Morgan fingerprint density at radius 1 is 1.31 bits per heavy atom. The number of nitrogens with zero attached hydrogens (tertiary/aromatic N) is 3. The highest BCUT2D eigenvalue weighted by atomic mass is 16.5. The van der Waals surface area contributed by atoms with Crippen molar-refractivity contribution in [2.24, 2.45) is 10.7 Å². The molecule has 2 aromatic rings. The molecule has 1 amide bonds. The van der Waals surface area contributed by atoms with Gasteiger partial charge in [0.25, 0.3) is 5.91 Å². The number of aliphatic hydroxyl groups is 1. The van der Waals surface area contributed by atoms with Gasteiger partial charge in [0.1, 0.15) is 5.82 Å². The number of nitrogens with two attached hydrogens (primary N) is 1. The summed E-state index contributed by atoms with van der Waals surface area (Å²) in [4.78, 5) is 26.4. The molecule has 0 bridgehead atoms. The van der Waals surface area contributed by atoms with E-state index in [-0.39, 0.29) is 30.4 Å². The molecule has 0 aliphatic heterocycles. The van der Waals surface area contributed by atoms with Crippen LogP contribution in [0.25, 0.3) is 10.9 Å². The SMILES string of the molecule is CCOCCNC(=O)c1nc(N[C@H]2CCCC[C@H]2N=C(N)CCO)c2cc(C)ccc2n1. The standard InChI is InChI=1S/C23H34N6O3/c1-3-32-13-11-25-23(31)22-27-17-9-8-15(2)14-16(17)21(29-22)28-19-7-5-4-6-18(19)26-20(24)10-12-30/h8-9,14,18-19,30H,3-7,10-13H2,1-2H3,(H2,24,26)(H,25,31)(H,27,28,29)/t18-,19+/m1/s1. The Labute approximate surface area is 188 Å². The van der Waals surface area contributed by atoms with Crippen LogP contribution in [0.3, 0.4) is 0 Å². The van der Waals surface area contributed by atoms with E-state index >= 15 is 0 Å². The summed E-state index contributed by atoms with van der Waals surface area (Å²) in [5.41, 5.74) is 7.78. The van der Waals surface area contributed by atoms with Crippen molar-refractivity contribution in [2.75, 3.05) is 31.7 Å². The number of fused-ring (bicyclic) bond motifs is 1. The third kappa shape index (κ3) is 6.37. The highest BCUT2D eigenvalue weighted by molar-refractivity contribution is 5.96. The number of carbonyl (C=O) groups is 1. The van der Waals surface area contributed by atoms with E-state index in [1.165, 1.54) is 0 Å². The molecule has 1 fully saturated rings. The topological polar surface area (TPSA) is 135 Å². The van der Waals surface area contributed by atoms with Gasteiger partial charge in [0.2, 0.25) is 5.82 Å². The summed E-state index contributed by atoms with van der Waals surface area (Å²) < 4.78 is 5.28. The highest BCUT2D eigenvalue weighted by Gasteiger charge is 2.26. The van der Waals surface area contributed by atoms with E-state index in [0.29, 0.717) is 43.3 Å². The van der Waals surface area contributed by atoms with Gasteiger partial charge in [-0.15, -0.1) is 0 Å². The number of nitrogens with one attached hydrogen (secondary N) is 2. The predicted octanol–water partition coefficient (Wildman–Crippen LogP) is 2.17. The molecule has 9 heteroatoms. The third-order valence-electron chi connectivity index (χ3n) is 5.54. The zero-order chi connectivity index (χ0) is 22.9. The Balaban J connectivity index is 1.88. The molecule has 0 radical (unpaired) electrons. The molecule has 5 N–H and O–H groups in total. The average Bonchev–Trinajstić information content (AvgIpc) is 2.78. The molecule has 0 saturated heterocycles. The lowest BCUT2D eigenvalue weighted by atomic mass is 9.90. The van der Waals surface area contributed by atoms with Crippen molar-refractivity contribution in [3.63, 3.8) is 0 Å². The minimum Gasteiger partial charge on any atom is -0.396 e. The fourth-order valence-electron chi connectivity index (χ4n) is 3.92. The number of rotatable bonds is 10. The molecule has 1 aliphatic carbocycles. The van der Waals surface area contributed by atoms with Crippen molar-refractivity contribution in [1.29, 1.82) is 0 Å². The van der Waals surface area contributed by atoms with Crippen molar-refractivity contribution in [3.8, 4) is 0 Å². The van der Waals surface area contributed by atoms with Crippen LogP contribution in [0.4, 0.5) is 5.82 Å². The minimum absolute atomic E-state index is 0.00593. The Hall–Kier alpha value is -2.78. The van der Waals surface area contributed by atoms with Gasteiger partial charge in [0, 0.05) is 31.0 Å². The number of hydrogen-bond acceptors (Lipinski definition) is 7. The summed E-state index contributed by atoms with van der Waals surface area (Å²) in [6, 6.07) is 5.93. The van der Waals surface area contributed by atoms with Crippen molar-refractivity contribution in [1.82, 2.24) is 15.3 Å². The van der Waals surface area contributed by atoms with Crippen LogP contribution in [0.15, 0.2) is 23.2 Å². The molecule has 2 atom stereocenters. The molecular weight excluding hydrogens is 408 g/mol. The maximum absolute atomic E-state index is 12.7. The number of aliphatic hydroxyl groups excluding tert-OH is 1. The lowest BCUT2D eigenvalue weighted by molar-refractivity contribution is 0.0913. The van der Waals surface area contributed by atoms with Crippen molar-refractivity contribution < 1.29 is 14.6 Å². The van der Waals surface area contributed by atoms with Crippen molar-refractivity contribution in [3.05, 3.63) is 29.6 Å². The van der Waals surface area contributed by atoms with Crippen LogP contribution in [0.5, 0.6) is 0 Å². The van der Waals surface area contributed by atoms with Gasteiger partial charge in [-0.25, -0.2) is 9.97 Å². The van der Waals surface area contributed by atoms with Crippen LogP contribution < -0.4 is 16.4 Å². The summed E-state index contributed by atoms with van der Waals surface area (Å²) in [7, 11) is 0. The number of aliphatic imine (C=N–C) groups is 1. The normalized spacial score (nSPS) is 19.2. The van der Waals surface area contributed by atoms with E-state index in [0.717, 1.165) is 36.6 Å². The maximum Gasteiger partial charge on any atom is 0.289 e. The molecule has 9 nitrogen and oxygen atoms in total. The van der Waals surface area contributed by atoms with Crippen molar-refractivity contribution in [2.45, 2.75) is 58.0 Å². The van der Waals surface area contributed by atoms with E-state index in [1.54, 1.807) is 0 Å². The number of carbonyl (C=O) groups excluding carboxylic acids is 1. The lowest BCUT2D eigenvalue weighted by Gasteiger charge is -2.30. The fourth-order valence-corrected chi connectivity index (χ4v) is 3.92. The molecule has 1 saturated carbocycles. The van der Waals surface area contributed by atoms with Crippen LogP contribution in [0.2, 0.25) is 0 Å². The van der Waals surface area contributed by atoms with E-state index in [9.17, 15) is 4.79 Å². The molecular formula is C23H34N6O3. The molecule has 1 aromatic heterocycles. The first kappa shape index (κ1) is 23.9. The Morgan fingerprint density at radius 2 is 2.12 bits per heavy atom. The van der Waals surface area contributed by atoms with Gasteiger partial charge in [-0.3, -0.25) is 9.79 Å². The first-order valence-electron chi connectivity index (χ1n) is 11.4. The molecule has 1 aliphatic rings. The zero-order valence-corrected chi connectivity index (χ0v) is 18.9. The van der Waals surface area contributed by atoms with Gasteiger partial charge in [-0.2, -0.15) is 0 Å². The van der Waals surface area contributed by atoms with Gasteiger partial charge in [-0.1, -0.05) is 24.5 Å². The smallest absolute Gasteiger partial charge is 0.289 e. The first-order valence-corrected chi connectivity index (χ1v) is 11.4. The number of anilines is 1. The molecule has 1 heterocycles. The number of hydrogen-bond donors (Lipinski definition) is 4. The number of aromatic nitrogens is 2. The summed E-state index contributed by atoms with van der Waals surface area (Å²) >= 11 is 0. The van der Waals surface area contributed by atoms with Crippen LogP contribution in [-0.4, -0.2) is 65.3 Å². The molecule has 1 aromatic carbocycles. The van der Waals surface area contributed by atoms with Gasteiger partial charge >= 0.3 is 0 Å². The first-order chi connectivity index (χ1) is 15.5. The largest absolute Gasteiger partial charge is 0.396 e. The quantitative estimate of drug-likeness (QED) is 0.252. The van der Waals surface area contributed by atoms with Crippen molar-refractivity contribution >= 4 is 28.5 Å². The Kier molecular flexibility index (Phi) is 8.75. The van der Waals surface area contributed by atoms with E-state index in [2.05, 4.69) is 25.6 Å². The monoisotopic (exact) mass is 442 g/mol. The van der Waals surface area contributed by atoms with E-state index in [4.69, 9.17) is 15.6 Å². The maximum atomic E-state index is 12.7. The zero-order valence-electron chi connectivity index (χ0n) is 18.9. The summed E-state index contributed by atoms with van der Waals surface area (Å²) in [6.45, 7) is 5.35. The molecule has 32 heavy (non-hydrogen) atoms. The van der Waals surface area contributed by atoms with Crippen LogP contribution in [0.1, 0.15) is 55.2 Å². The minimum atomic E-state index is -0.333. The number of benzene rings is 1. The predicted molar refractivity (Wildman–Crippen MR) is 126 cm³/mol. The van der Waals surface area contributed by atoms with Gasteiger partial charge < -0.3 is 26.2 Å². The fraction of sp³-hybridized carbons (Fsp3) is 0.565. The second-order valence-corrected chi connectivity index (χ2v) is 8.07. The summed E-state index contributed by atoms with van der Waals surface area (Å²) in [5.74, 6) is 0.877. The van der Waals surface area contributed by atoms with Crippen LogP contribution >= 0.6 is 0 Å². The van der Waals surface area contributed by atoms with E-state index in [1.807, 2.05) is 32.0 Å². The number of amides is 1. The van der Waals surface area contributed by atoms with Crippen LogP contribution in [-0.2, 0) is 4.74 Å². The number of aryl methyl sites for hydroxylation is 1. The number of amidine groups is 1. The average molecular weight is 443 g/mol. The summed E-state index contributed by atoms with van der Waals surface area (Å²) in [5, 5.41) is 16.4. The highest BCUT2D eigenvalue weighted by Crippen LogP contribution is 2.28. The van der Waals surface area contributed by atoms with E-state index < -0.39 is 0 Å². The van der Waals surface area contributed by atoms with Gasteiger partial charge in [0.05, 0.1) is 30.6 Å². The lowest BCUT2D eigenvalue weighted by Crippen LogP contribution is -2.37. The number of ether oxygens (including phenoxy) is 1. The second-order valence-electron chi connectivity index (χ2n) is 8.07.